The Bertz CT molecular complexity index is 803. The van der Waals surface area contributed by atoms with Crippen LogP contribution in [0.5, 0.6) is 11.5 Å². The molecule has 3 atom stereocenters. The van der Waals surface area contributed by atoms with Crippen molar-refractivity contribution in [3.63, 3.8) is 0 Å². The van der Waals surface area contributed by atoms with Crippen molar-refractivity contribution < 1.29 is 29.3 Å². The second-order valence-electron chi connectivity index (χ2n) is 8.24. The maximum atomic E-state index is 11.7. The Labute approximate surface area is 210 Å². The van der Waals surface area contributed by atoms with Crippen molar-refractivity contribution in [3.05, 3.63) is 23.3 Å². The van der Waals surface area contributed by atoms with Gasteiger partial charge in [0, 0.05) is 34.5 Å². The van der Waals surface area contributed by atoms with E-state index < -0.39 is 6.10 Å². The lowest BCUT2D eigenvalue weighted by atomic mass is 10.0. The minimum absolute atomic E-state index is 0.0209. The topological polar surface area (TPSA) is 93.1 Å². The molecule has 9 heteroatoms. The molecular formula is C24H36O6S3. The van der Waals surface area contributed by atoms with Crippen LogP contribution in [-0.4, -0.2) is 67.9 Å². The lowest BCUT2D eigenvalue weighted by Gasteiger charge is -2.22. The minimum Gasteiger partial charge on any atom is -0.507 e. The van der Waals surface area contributed by atoms with Crippen molar-refractivity contribution in [1.82, 2.24) is 0 Å². The Balaban J connectivity index is 1.76. The highest BCUT2D eigenvalue weighted by molar-refractivity contribution is 8.22. The van der Waals surface area contributed by atoms with Gasteiger partial charge in [0.2, 0.25) is 0 Å². The fourth-order valence-electron chi connectivity index (χ4n) is 3.56. The van der Waals surface area contributed by atoms with Gasteiger partial charge in [0.1, 0.15) is 18.1 Å². The number of aliphatic hydroxyl groups is 1. The fourth-order valence-corrected chi connectivity index (χ4v) is 8.35. The number of ether oxygens (including phenoxy) is 2. The predicted octanol–water partition coefficient (Wildman–Crippen LogP) is 4.93. The minimum atomic E-state index is -0.631. The maximum absolute atomic E-state index is 11.7. The molecule has 1 aromatic carbocycles. The predicted molar refractivity (Wildman–Crippen MR) is 139 cm³/mol. The first-order chi connectivity index (χ1) is 15.7. The van der Waals surface area contributed by atoms with Gasteiger partial charge < -0.3 is 19.7 Å². The SMILES string of the molecule is CCCc1c(OCC(O)CSCC2CSC(C)(CCC(=O)OCC)S2)ccc(C(C)=O)c1O. The Kier molecular flexibility index (Phi) is 11.8. The molecule has 0 saturated carbocycles. The number of carbonyl (C=O) groups excluding carboxylic acids is 2. The summed E-state index contributed by atoms with van der Waals surface area (Å²) in [5.41, 5.74) is 0.912. The molecular weight excluding hydrogens is 480 g/mol. The maximum Gasteiger partial charge on any atom is 0.305 e. The van der Waals surface area contributed by atoms with Gasteiger partial charge in [0.25, 0.3) is 0 Å². The summed E-state index contributed by atoms with van der Waals surface area (Å²) in [5.74, 6) is 2.70. The van der Waals surface area contributed by atoms with Gasteiger partial charge in [-0.1, -0.05) is 13.3 Å². The highest BCUT2D eigenvalue weighted by Crippen LogP contribution is 2.51. The highest BCUT2D eigenvalue weighted by atomic mass is 32.2. The van der Waals surface area contributed by atoms with Crippen LogP contribution in [-0.2, 0) is 16.0 Å². The first kappa shape index (κ1) is 28.2. The third-order valence-electron chi connectivity index (χ3n) is 5.24. The molecule has 186 valence electrons. The molecule has 0 aromatic heterocycles. The van der Waals surface area contributed by atoms with Crippen LogP contribution in [0.25, 0.3) is 0 Å². The Morgan fingerprint density at radius 3 is 2.76 bits per heavy atom. The summed E-state index contributed by atoms with van der Waals surface area (Å²) in [6.45, 7) is 7.99. The third-order valence-corrected chi connectivity index (χ3v) is 10.3. The molecule has 1 saturated heterocycles. The fraction of sp³-hybridized carbons (Fsp3) is 0.667. The van der Waals surface area contributed by atoms with E-state index in [1.807, 2.05) is 37.4 Å². The van der Waals surface area contributed by atoms with E-state index in [-0.39, 0.29) is 28.2 Å². The summed E-state index contributed by atoms with van der Waals surface area (Å²) in [6.07, 6.45) is 2.02. The number of esters is 1. The Hall–Kier alpha value is -1.03. The second-order valence-corrected chi connectivity index (χ2v) is 12.9. The van der Waals surface area contributed by atoms with Crippen LogP contribution < -0.4 is 4.74 Å². The zero-order valence-electron chi connectivity index (χ0n) is 19.9. The molecule has 1 aromatic rings. The number of rotatable bonds is 14. The van der Waals surface area contributed by atoms with E-state index in [0.29, 0.717) is 47.3 Å². The highest BCUT2D eigenvalue weighted by Gasteiger charge is 2.36. The molecule has 3 unspecified atom stereocenters. The molecule has 0 radical (unpaired) electrons. The Morgan fingerprint density at radius 2 is 2.09 bits per heavy atom. The van der Waals surface area contributed by atoms with E-state index in [2.05, 4.69) is 6.92 Å². The van der Waals surface area contributed by atoms with Crippen molar-refractivity contribution >= 4 is 47.0 Å². The van der Waals surface area contributed by atoms with E-state index in [4.69, 9.17) is 9.47 Å². The standard InChI is InChI=1S/C24H36O6S3/c1-5-7-20-21(9-8-19(16(3)25)23(20)28)30-12-17(26)13-31-14-18-15-32-24(4,33-18)11-10-22(27)29-6-2/h8-9,17-18,26,28H,5-7,10-15H2,1-4H3. The van der Waals surface area contributed by atoms with Gasteiger partial charge in [-0.15, -0.1) is 23.5 Å². The molecule has 1 fully saturated rings. The molecule has 0 spiro atoms. The average Bonchev–Trinajstić information content (AvgIpc) is 3.14. The lowest BCUT2D eigenvalue weighted by Crippen LogP contribution is -2.22. The zero-order valence-corrected chi connectivity index (χ0v) is 22.4. The molecule has 1 aliphatic rings. The molecule has 6 nitrogen and oxygen atoms in total. The molecule has 1 heterocycles. The molecule has 2 rings (SSSR count). The van der Waals surface area contributed by atoms with Crippen LogP contribution in [0.2, 0.25) is 0 Å². The quantitative estimate of drug-likeness (QED) is 0.264. The number of phenolic OH excluding ortho intramolecular Hbond substituents is 1. The number of phenols is 1. The van der Waals surface area contributed by atoms with Crippen molar-refractivity contribution in [1.29, 1.82) is 0 Å². The van der Waals surface area contributed by atoms with E-state index >= 15 is 0 Å². The monoisotopic (exact) mass is 516 g/mol. The van der Waals surface area contributed by atoms with Crippen molar-refractivity contribution in [2.45, 2.75) is 68.8 Å². The number of aromatic hydroxyl groups is 1. The number of hydrogen-bond acceptors (Lipinski definition) is 9. The van der Waals surface area contributed by atoms with Crippen LogP contribution in [0.3, 0.4) is 0 Å². The normalized spacial score (nSPS) is 21.1. The third kappa shape index (κ3) is 8.92. The summed E-state index contributed by atoms with van der Waals surface area (Å²) < 4.78 is 10.9. The molecule has 0 bridgehead atoms. The molecule has 0 amide bonds. The van der Waals surface area contributed by atoms with Crippen LogP contribution in [0.4, 0.5) is 0 Å². The number of aliphatic hydroxyl groups excluding tert-OH is 1. The summed E-state index contributed by atoms with van der Waals surface area (Å²) in [4.78, 5) is 23.3. The largest absolute Gasteiger partial charge is 0.507 e. The van der Waals surface area contributed by atoms with Gasteiger partial charge in [-0.3, -0.25) is 9.59 Å². The number of Topliss-reactive ketones (excluding diaryl/α,β-unsaturated/α-hetero) is 1. The van der Waals surface area contributed by atoms with E-state index in [0.717, 1.165) is 24.3 Å². The van der Waals surface area contributed by atoms with Gasteiger partial charge in [-0.05, 0) is 45.7 Å². The van der Waals surface area contributed by atoms with E-state index in [1.54, 1.807) is 23.9 Å². The van der Waals surface area contributed by atoms with Crippen LogP contribution >= 0.6 is 35.3 Å². The summed E-state index contributed by atoms with van der Waals surface area (Å²) in [6, 6.07) is 3.27. The number of ketones is 1. The van der Waals surface area contributed by atoms with Crippen LogP contribution in [0, 0.1) is 0 Å². The van der Waals surface area contributed by atoms with Crippen molar-refractivity contribution in [2.24, 2.45) is 0 Å². The molecule has 33 heavy (non-hydrogen) atoms. The van der Waals surface area contributed by atoms with E-state index in [9.17, 15) is 19.8 Å². The number of hydrogen-bond donors (Lipinski definition) is 2. The molecule has 2 N–H and O–H groups in total. The number of thioether (sulfide) groups is 3. The van der Waals surface area contributed by atoms with Crippen LogP contribution in [0.1, 0.15) is 62.9 Å². The summed E-state index contributed by atoms with van der Waals surface area (Å²) >= 11 is 5.51. The van der Waals surface area contributed by atoms with Gasteiger partial charge in [0.05, 0.1) is 22.4 Å². The summed E-state index contributed by atoms with van der Waals surface area (Å²) in [7, 11) is 0. The van der Waals surface area contributed by atoms with Crippen molar-refractivity contribution in [2.75, 3.05) is 30.5 Å². The molecule has 0 aliphatic carbocycles. The van der Waals surface area contributed by atoms with Crippen LogP contribution in [0.15, 0.2) is 12.1 Å². The summed E-state index contributed by atoms with van der Waals surface area (Å²) in [5, 5.41) is 21.3. The van der Waals surface area contributed by atoms with Gasteiger partial charge in [-0.25, -0.2) is 0 Å². The first-order valence-electron chi connectivity index (χ1n) is 11.4. The van der Waals surface area contributed by atoms with E-state index in [1.165, 1.54) is 6.92 Å². The van der Waals surface area contributed by atoms with Gasteiger partial charge >= 0.3 is 5.97 Å². The van der Waals surface area contributed by atoms with Gasteiger partial charge in [0.15, 0.2) is 5.78 Å². The van der Waals surface area contributed by atoms with Gasteiger partial charge in [-0.2, -0.15) is 11.8 Å². The average molecular weight is 517 g/mol. The first-order valence-corrected chi connectivity index (χ1v) is 14.4. The smallest absolute Gasteiger partial charge is 0.305 e. The molecule has 1 aliphatic heterocycles. The second kappa shape index (κ2) is 13.8. The number of carbonyl (C=O) groups is 2. The van der Waals surface area contributed by atoms with Crippen molar-refractivity contribution in [3.8, 4) is 11.5 Å². The Morgan fingerprint density at radius 1 is 1.33 bits per heavy atom. The lowest BCUT2D eigenvalue weighted by molar-refractivity contribution is -0.143. The zero-order chi connectivity index (χ0) is 24.4. The number of benzene rings is 1.